The van der Waals surface area contributed by atoms with Crippen molar-refractivity contribution in [1.82, 2.24) is 4.72 Å². The van der Waals surface area contributed by atoms with E-state index in [9.17, 15) is 13.2 Å². The first-order valence-corrected chi connectivity index (χ1v) is 6.48. The van der Waals surface area contributed by atoms with Crippen molar-refractivity contribution in [2.24, 2.45) is 0 Å². The molecule has 0 bridgehead atoms. The molecule has 0 radical (unpaired) electrons. The molecule has 0 aromatic heterocycles. The second kappa shape index (κ2) is 3.88. The van der Waals surface area contributed by atoms with E-state index in [1.165, 1.54) is 6.92 Å². The lowest BCUT2D eigenvalue weighted by atomic mass is 10.1. The average Bonchev–Trinajstić information content (AvgIpc) is 2.14. The van der Waals surface area contributed by atoms with Gasteiger partial charge in [-0.15, -0.1) is 0 Å². The maximum Gasteiger partial charge on any atom is 0.221 e. The van der Waals surface area contributed by atoms with Crippen LogP contribution in [0.4, 0.5) is 5.69 Å². The molecule has 2 rings (SSSR count). The van der Waals surface area contributed by atoms with Gasteiger partial charge < -0.3 is 5.32 Å². The number of anilines is 1. The van der Waals surface area contributed by atoms with Crippen LogP contribution in [0.1, 0.15) is 18.1 Å². The number of benzene rings is 1. The minimum Gasteiger partial charge on any atom is -0.326 e. The topological polar surface area (TPSA) is 75.3 Å². The smallest absolute Gasteiger partial charge is 0.221 e. The van der Waals surface area contributed by atoms with E-state index in [1.807, 2.05) is 6.07 Å². The second-order valence-corrected chi connectivity index (χ2v) is 5.55. The van der Waals surface area contributed by atoms with Crippen LogP contribution in [0.25, 0.3) is 0 Å². The van der Waals surface area contributed by atoms with Gasteiger partial charge in [0.25, 0.3) is 0 Å². The van der Waals surface area contributed by atoms with Gasteiger partial charge in [0, 0.05) is 19.2 Å². The molecular weight excluding hydrogens is 228 g/mol. The molecule has 0 atom stereocenters. The third-order valence-electron chi connectivity index (χ3n) is 2.35. The monoisotopic (exact) mass is 240 g/mol. The molecule has 0 aliphatic carbocycles. The van der Waals surface area contributed by atoms with Gasteiger partial charge in [0.05, 0.1) is 5.75 Å². The van der Waals surface area contributed by atoms with Gasteiger partial charge in [0.2, 0.25) is 15.9 Å². The Labute approximate surface area is 93.9 Å². The molecule has 0 spiro atoms. The number of nitrogens with one attached hydrogen (secondary N) is 2. The van der Waals surface area contributed by atoms with Gasteiger partial charge in [0.15, 0.2) is 0 Å². The molecule has 1 heterocycles. The molecule has 0 fully saturated rings. The Morgan fingerprint density at radius 1 is 1.38 bits per heavy atom. The zero-order valence-corrected chi connectivity index (χ0v) is 9.60. The number of hydrogen-bond donors (Lipinski definition) is 2. The molecule has 1 aliphatic heterocycles. The standard InChI is InChI=1S/C10H12N2O3S/c1-7(13)12-10-3-2-8-5-11-16(14,15)6-9(8)4-10/h2-4,11H,5-6H2,1H3,(H,12,13). The van der Waals surface area contributed by atoms with Crippen molar-refractivity contribution in [2.75, 3.05) is 5.32 Å². The highest BCUT2D eigenvalue weighted by atomic mass is 32.2. The molecule has 1 aromatic rings. The van der Waals surface area contributed by atoms with Gasteiger partial charge in [0.1, 0.15) is 0 Å². The minimum absolute atomic E-state index is 0.0320. The van der Waals surface area contributed by atoms with Gasteiger partial charge in [-0.25, -0.2) is 13.1 Å². The van der Waals surface area contributed by atoms with Crippen molar-refractivity contribution in [1.29, 1.82) is 0 Å². The number of carbonyl (C=O) groups is 1. The van der Waals surface area contributed by atoms with Crippen LogP contribution in [0.2, 0.25) is 0 Å². The quantitative estimate of drug-likeness (QED) is 0.754. The fourth-order valence-electron chi connectivity index (χ4n) is 1.66. The Hall–Kier alpha value is -1.40. The van der Waals surface area contributed by atoms with Gasteiger partial charge >= 0.3 is 0 Å². The van der Waals surface area contributed by atoms with Gasteiger partial charge in [-0.1, -0.05) is 6.07 Å². The Kier molecular flexibility index (Phi) is 2.69. The molecule has 6 heteroatoms. The van der Waals surface area contributed by atoms with Crippen molar-refractivity contribution in [3.63, 3.8) is 0 Å². The summed E-state index contributed by atoms with van der Waals surface area (Å²) >= 11 is 0. The van der Waals surface area contributed by atoms with E-state index in [2.05, 4.69) is 10.0 Å². The van der Waals surface area contributed by atoms with Crippen molar-refractivity contribution in [3.05, 3.63) is 29.3 Å². The van der Waals surface area contributed by atoms with E-state index in [1.54, 1.807) is 12.1 Å². The summed E-state index contributed by atoms with van der Waals surface area (Å²) in [6.07, 6.45) is 0. The fraction of sp³-hybridized carbons (Fsp3) is 0.300. The van der Waals surface area contributed by atoms with Crippen LogP contribution in [0, 0.1) is 0 Å². The van der Waals surface area contributed by atoms with Crippen LogP contribution in [0.15, 0.2) is 18.2 Å². The van der Waals surface area contributed by atoms with Gasteiger partial charge in [-0.3, -0.25) is 4.79 Å². The van der Waals surface area contributed by atoms with E-state index in [-0.39, 0.29) is 11.7 Å². The van der Waals surface area contributed by atoms with Crippen LogP contribution in [-0.4, -0.2) is 14.3 Å². The van der Waals surface area contributed by atoms with Gasteiger partial charge in [-0.05, 0) is 23.3 Å². The molecule has 0 unspecified atom stereocenters. The molecule has 1 aliphatic rings. The molecule has 2 N–H and O–H groups in total. The Morgan fingerprint density at radius 3 is 2.81 bits per heavy atom. The molecule has 86 valence electrons. The number of carbonyl (C=O) groups excluding carboxylic acids is 1. The highest BCUT2D eigenvalue weighted by Crippen LogP contribution is 2.21. The summed E-state index contributed by atoms with van der Waals surface area (Å²) in [5.41, 5.74) is 2.32. The van der Waals surface area contributed by atoms with Gasteiger partial charge in [-0.2, -0.15) is 0 Å². The van der Waals surface area contributed by atoms with Crippen molar-refractivity contribution < 1.29 is 13.2 Å². The summed E-state index contributed by atoms with van der Waals surface area (Å²) in [6, 6.07) is 5.29. The minimum atomic E-state index is -3.20. The summed E-state index contributed by atoms with van der Waals surface area (Å²) < 4.78 is 25.2. The first-order valence-electron chi connectivity index (χ1n) is 4.83. The van der Waals surface area contributed by atoms with E-state index in [0.717, 1.165) is 11.1 Å². The fourth-order valence-corrected chi connectivity index (χ4v) is 2.81. The van der Waals surface area contributed by atoms with E-state index < -0.39 is 10.0 Å². The Balaban J connectivity index is 2.34. The van der Waals surface area contributed by atoms with Crippen molar-refractivity contribution >= 4 is 21.6 Å². The summed E-state index contributed by atoms with van der Waals surface area (Å²) in [7, 11) is -3.20. The highest BCUT2D eigenvalue weighted by molar-refractivity contribution is 7.88. The lowest BCUT2D eigenvalue weighted by Crippen LogP contribution is -2.30. The summed E-state index contributed by atoms with van der Waals surface area (Å²) in [5, 5.41) is 2.63. The van der Waals surface area contributed by atoms with Crippen molar-refractivity contribution in [3.8, 4) is 0 Å². The second-order valence-electron chi connectivity index (χ2n) is 3.74. The molecular formula is C10H12N2O3S. The Bertz CT molecular complexity index is 537. The first-order chi connectivity index (χ1) is 7.46. The third-order valence-corrected chi connectivity index (χ3v) is 3.63. The summed E-state index contributed by atoms with van der Waals surface area (Å²) in [5.74, 6) is -0.202. The summed E-state index contributed by atoms with van der Waals surface area (Å²) in [6.45, 7) is 1.73. The number of fused-ring (bicyclic) bond motifs is 1. The number of rotatable bonds is 1. The van der Waals surface area contributed by atoms with Crippen LogP contribution >= 0.6 is 0 Å². The van der Waals surface area contributed by atoms with Crippen LogP contribution in [-0.2, 0) is 27.1 Å². The van der Waals surface area contributed by atoms with E-state index in [0.29, 0.717) is 12.2 Å². The maximum absolute atomic E-state index is 11.3. The third kappa shape index (κ3) is 2.40. The van der Waals surface area contributed by atoms with Crippen LogP contribution in [0.3, 0.4) is 0 Å². The maximum atomic E-state index is 11.3. The van der Waals surface area contributed by atoms with Crippen LogP contribution < -0.4 is 10.0 Å². The lowest BCUT2D eigenvalue weighted by molar-refractivity contribution is -0.114. The average molecular weight is 240 g/mol. The summed E-state index contributed by atoms with van der Waals surface area (Å²) in [4.78, 5) is 10.9. The lowest BCUT2D eigenvalue weighted by Gasteiger charge is -2.18. The molecule has 1 aromatic carbocycles. The normalized spacial score (nSPS) is 17.6. The predicted octanol–water partition coefficient (Wildman–Crippen LogP) is 0.578. The molecule has 16 heavy (non-hydrogen) atoms. The zero-order valence-electron chi connectivity index (χ0n) is 8.78. The van der Waals surface area contributed by atoms with Crippen LogP contribution in [0.5, 0.6) is 0 Å². The SMILES string of the molecule is CC(=O)Nc1ccc2c(c1)CS(=O)(=O)NC2. The van der Waals surface area contributed by atoms with E-state index in [4.69, 9.17) is 0 Å². The highest BCUT2D eigenvalue weighted by Gasteiger charge is 2.20. The Morgan fingerprint density at radius 2 is 2.12 bits per heavy atom. The van der Waals surface area contributed by atoms with E-state index >= 15 is 0 Å². The zero-order chi connectivity index (χ0) is 11.8. The molecule has 0 saturated heterocycles. The molecule has 1 amide bonds. The molecule has 0 saturated carbocycles. The number of hydrogen-bond acceptors (Lipinski definition) is 3. The van der Waals surface area contributed by atoms with Crippen molar-refractivity contribution in [2.45, 2.75) is 19.2 Å². The first kappa shape index (κ1) is 11.1. The number of sulfonamides is 1. The number of amides is 1. The molecule has 5 nitrogen and oxygen atoms in total. The largest absolute Gasteiger partial charge is 0.326 e. The predicted molar refractivity (Wildman–Crippen MR) is 60.2 cm³/mol.